The van der Waals surface area contributed by atoms with Crippen LogP contribution in [-0.4, -0.2) is 28.4 Å². The molecule has 1 aliphatic heterocycles. The van der Waals surface area contributed by atoms with E-state index in [2.05, 4.69) is 25.8 Å². The van der Waals surface area contributed by atoms with Crippen LogP contribution in [0.3, 0.4) is 0 Å². The molecule has 1 fully saturated rings. The van der Waals surface area contributed by atoms with E-state index in [1.807, 2.05) is 11.0 Å². The van der Waals surface area contributed by atoms with E-state index in [0.29, 0.717) is 16.8 Å². The van der Waals surface area contributed by atoms with Gasteiger partial charge in [-0.15, -0.1) is 0 Å². The summed E-state index contributed by atoms with van der Waals surface area (Å²) >= 11 is 6.07. The highest BCUT2D eigenvalue weighted by atomic mass is 35.5. The second-order valence-electron chi connectivity index (χ2n) is 5.81. The van der Waals surface area contributed by atoms with E-state index in [9.17, 15) is 4.79 Å². The van der Waals surface area contributed by atoms with Gasteiger partial charge in [0.1, 0.15) is 5.15 Å². The standard InChI is InChI=1S/C16H23ClN2O/c1-4-13-7-5-6-8-19(13)16(20)12-9-14(11(2)3)18-15(17)10-12/h9-11,13H,4-8H2,1-3H3. The van der Waals surface area contributed by atoms with Gasteiger partial charge >= 0.3 is 0 Å². The molecule has 2 heterocycles. The Balaban J connectivity index is 2.27. The van der Waals surface area contributed by atoms with E-state index < -0.39 is 0 Å². The second kappa shape index (κ2) is 6.57. The van der Waals surface area contributed by atoms with E-state index in [1.165, 1.54) is 6.42 Å². The maximum absolute atomic E-state index is 12.7. The predicted octanol–water partition coefficient (Wildman–Crippen LogP) is 4.26. The summed E-state index contributed by atoms with van der Waals surface area (Å²) in [6, 6.07) is 3.95. The number of rotatable bonds is 3. The van der Waals surface area contributed by atoms with Gasteiger partial charge in [0.15, 0.2) is 0 Å². The number of hydrogen-bond donors (Lipinski definition) is 0. The molecule has 20 heavy (non-hydrogen) atoms. The van der Waals surface area contributed by atoms with Crippen molar-refractivity contribution in [1.82, 2.24) is 9.88 Å². The minimum Gasteiger partial charge on any atom is -0.336 e. The Morgan fingerprint density at radius 3 is 2.85 bits per heavy atom. The molecule has 0 aliphatic carbocycles. The number of halogens is 1. The van der Waals surface area contributed by atoms with Crippen LogP contribution in [0.5, 0.6) is 0 Å². The number of pyridine rings is 1. The molecule has 3 nitrogen and oxygen atoms in total. The fraction of sp³-hybridized carbons (Fsp3) is 0.625. The van der Waals surface area contributed by atoms with E-state index in [0.717, 1.165) is 31.5 Å². The van der Waals surface area contributed by atoms with Gasteiger partial charge in [-0.05, 0) is 43.7 Å². The lowest BCUT2D eigenvalue weighted by Gasteiger charge is -2.35. The maximum atomic E-state index is 12.7. The highest BCUT2D eigenvalue weighted by Crippen LogP contribution is 2.24. The topological polar surface area (TPSA) is 33.2 Å². The van der Waals surface area contributed by atoms with Crippen molar-refractivity contribution in [2.75, 3.05) is 6.54 Å². The quantitative estimate of drug-likeness (QED) is 0.780. The monoisotopic (exact) mass is 294 g/mol. The molecule has 1 aromatic heterocycles. The SMILES string of the molecule is CCC1CCCCN1C(=O)c1cc(Cl)nc(C(C)C)c1. The Morgan fingerprint density at radius 2 is 2.20 bits per heavy atom. The van der Waals surface area contributed by atoms with E-state index >= 15 is 0 Å². The molecule has 0 N–H and O–H groups in total. The van der Waals surface area contributed by atoms with Crippen molar-refractivity contribution in [3.63, 3.8) is 0 Å². The number of piperidine rings is 1. The first-order chi connectivity index (χ1) is 9.52. The summed E-state index contributed by atoms with van der Waals surface area (Å²) in [5, 5.41) is 0.407. The van der Waals surface area contributed by atoms with Crippen molar-refractivity contribution in [3.8, 4) is 0 Å². The largest absolute Gasteiger partial charge is 0.336 e. The third-order valence-electron chi connectivity index (χ3n) is 4.01. The molecule has 110 valence electrons. The van der Waals surface area contributed by atoms with Crippen LogP contribution in [0.15, 0.2) is 12.1 Å². The van der Waals surface area contributed by atoms with Crippen LogP contribution in [0.2, 0.25) is 5.15 Å². The van der Waals surface area contributed by atoms with Crippen LogP contribution in [0, 0.1) is 0 Å². The predicted molar refractivity (Wildman–Crippen MR) is 82.3 cm³/mol. The first-order valence-electron chi connectivity index (χ1n) is 7.51. The summed E-state index contributed by atoms with van der Waals surface area (Å²) in [5.74, 6) is 0.367. The Labute approximate surface area is 126 Å². The zero-order valence-corrected chi connectivity index (χ0v) is 13.3. The zero-order valence-electron chi connectivity index (χ0n) is 12.5. The molecule has 0 spiro atoms. The molecule has 1 atom stereocenters. The van der Waals surface area contributed by atoms with Crippen molar-refractivity contribution in [2.24, 2.45) is 0 Å². The summed E-state index contributed by atoms with van der Waals surface area (Å²) < 4.78 is 0. The van der Waals surface area contributed by atoms with E-state index in [1.54, 1.807) is 6.07 Å². The molecule has 0 radical (unpaired) electrons. The highest BCUT2D eigenvalue weighted by Gasteiger charge is 2.26. The van der Waals surface area contributed by atoms with Crippen molar-refractivity contribution >= 4 is 17.5 Å². The lowest BCUT2D eigenvalue weighted by molar-refractivity contribution is 0.0608. The van der Waals surface area contributed by atoms with Crippen LogP contribution >= 0.6 is 11.6 Å². The second-order valence-corrected chi connectivity index (χ2v) is 6.20. The average Bonchev–Trinajstić information content (AvgIpc) is 2.45. The zero-order chi connectivity index (χ0) is 14.7. The van der Waals surface area contributed by atoms with Crippen LogP contribution in [-0.2, 0) is 0 Å². The molecule has 4 heteroatoms. The van der Waals surface area contributed by atoms with Gasteiger partial charge < -0.3 is 4.90 Å². The molecule has 1 aliphatic rings. The van der Waals surface area contributed by atoms with Crippen LogP contribution in [0.1, 0.15) is 68.4 Å². The summed E-state index contributed by atoms with van der Waals surface area (Å²) in [5.41, 5.74) is 1.56. The molecular formula is C16H23ClN2O. The van der Waals surface area contributed by atoms with Crippen molar-refractivity contribution in [2.45, 2.75) is 58.4 Å². The van der Waals surface area contributed by atoms with Crippen molar-refractivity contribution in [1.29, 1.82) is 0 Å². The van der Waals surface area contributed by atoms with Gasteiger partial charge in [-0.2, -0.15) is 0 Å². The van der Waals surface area contributed by atoms with Crippen LogP contribution in [0.4, 0.5) is 0 Å². The molecule has 2 rings (SSSR count). The third-order valence-corrected chi connectivity index (χ3v) is 4.21. The fourth-order valence-corrected chi connectivity index (χ4v) is 3.01. The minimum atomic E-state index is 0.0998. The summed E-state index contributed by atoms with van der Waals surface area (Å²) in [4.78, 5) is 19.0. The van der Waals surface area contributed by atoms with Crippen LogP contribution in [0.25, 0.3) is 0 Å². The Morgan fingerprint density at radius 1 is 1.45 bits per heavy atom. The molecule has 0 aromatic carbocycles. The van der Waals surface area contributed by atoms with Gasteiger partial charge in [0, 0.05) is 23.8 Å². The van der Waals surface area contributed by atoms with E-state index in [4.69, 9.17) is 11.6 Å². The molecule has 0 bridgehead atoms. The number of hydrogen-bond acceptors (Lipinski definition) is 2. The number of likely N-dealkylation sites (tertiary alicyclic amines) is 1. The molecule has 1 aromatic rings. The number of nitrogens with zero attached hydrogens (tertiary/aromatic N) is 2. The van der Waals surface area contributed by atoms with Gasteiger partial charge in [0.25, 0.3) is 5.91 Å². The third kappa shape index (κ3) is 3.32. The Bertz CT molecular complexity index is 487. The van der Waals surface area contributed by atoms with Gasteiger partial charge in [-0.3, -0.25) is 4.79 Å². The summed E-state index contributed by atoms with van der Waals surface area (Å²) in [6.07, 6.45) is 4.44. The van der Waals surface area contributed by atoms with Gasteiger partial charge in [-0.1, -0.05) is 32.4 Å². The molecule has 1 unspecified atom stereocenters. The molecule has 0 saturated carbocycles. The lowest BCUT2D eigenvalue weighted by atomic mass is 9.98. The Hall–Kier alpha value is -1.09. The highest BCUT2D eigenvalue weighted by molar-refractivity contribution is 6.29. The average molecular weight is 295 g/mol. The van der Waals surface area contributed by atoms with Crippen molar-refractivity contribution < 1.29 is 4.79 Å². The van der Waals surface area contributed by atoms with Gasteiger partial charge in [0.2, 0.25) is 0 Å². The summed E-state index contributed by atoms with van der Waals surface area (Å²) in [7, 11) is 0. The first-order valence-corrected chi connectivity index (χ1v) is 7.89. The van der Waals surface area contributed by atoms with Gasteiger partial charge in [0.05, 0.1) is 0 Å². The van der Waals surface area contributed by atoms with Crippen molar-refractivity contribution in [3.05, 3.63) is 28.5 Å². The van der Waals surface area contributed by atoms with Crippen LogP contribution < -0.4 is 0 Å². The molecule has 1 saturated heterocycles. The first kappa shape index (κ1) is 15.3. The molecule has 1 amide bonds. The lowest BCUT2D eigenvalue weighted by Crippen LogP contribution is -2.43. The molecular weight excluding hydrogens is 272 g/mol. The minimum absolute atomic E-state index is 0.0998. The maximum Gasteiger partial charge on any atom is 0.254 e. The number of aromatic nitrogens is 1. The summed E-state index contributed by atoms with van der Waals surface area (Å²) in [6.45, 7) is 7.12. The normalized spacial score (nSPS) is 19.4. The number of amides is 1. The smallest absolute Gasteiger partial charge is 0.254 e. The number of carbonyl (C=O) groups excluding carboxylic acids is 1. The van der Waals surface area contributed by atoms with E-state index in [-0.39, 0.29) is 11.8 Å². The Kier molecular flexibility index (Phi) is 5.03. The fourth-order valence-electron chi connectivity index (χ4n) is 2.79. The van der Waals surface area contributed by atoms with Gasteiger partial charge in [-0.25, -0.2) is 4.98 Å². The number of carbonyl (C=O) groups is 1.